The first-order chi connectivity index (χ1) is 10.6. The smallest absolute Gasteiger partial charge is 0.258 e. The van der Waals surface area contributed by atoms with E-state index in [1.807, 2.05) is 18.2 Å². The fourth-order valence-electron chi connectivity index (χ4n) is 2.80. The van der Waals surface area contributed by atoms with Crippen LogP contribution in [0, 0.1) is 6.92 Å². The van der Waals surface area contributed by atoms with Crippen LogP contribution in [-0.2, 0) is 0 Å². The van der Waals surface area contributed by atoms with Crippen LogP contribution in [0.1, 0.15) is 41.9 Å². The van der Waals surface area contributed by atoms with E-state index in [2.05, 4.69) is 15.5 Å². The van der Waals surface area contributed by atoms with E-state index in [-0.39, 0.29) is 18.0 Å². The molecule has 1 amide bonds. The van der Waals surface area contributed by atoms with Gasteiger partial charge in [-0.2, -0.15) is 4.98 Å². The lowest BCUT2D eigenvalue weighted by Crippen LogP contribution is -2.40. The molecule has 0 unspecified atom stereocenters. The van der Waals surface area contributed by atoms with Crippen LogP contribution in [-0.4, -0.2) is 28.1 Å². The molecule has 116 valence electrons. The molecule has 22 heavy (non-hydrogen) atoms. The van der Waals surface area contributed by atoms with Crippen LogP contribution >= 0.6 is 0 Å². The van der Waals surface area contributed by atoms with Crippen molar-refractivity contribution < 1.29 is 9.32 Å². The predicted octanol–water partition coefficient (Wildman–Crippen LogP) is 2.04. The maximum absolute atomic E-state index is 12.6. The van der Waals surface area contributed by atoms with Crippen LogP contribution in [0.2, 0.25) is 0 Å². The highest BCUT2D eigenvalue weighted by Crippen LogP contribution is 2.23. The second kappa shape index (κ2) is 6.27. The molecule has 1 aliphatic carbocycles. The van der Waals surface area contributed by atoms with E-state index >= 15 is 0 Å². The van der Waals surface area contributed by atoms with Gasteiger partial charge < -0.3 is 15.6 Å². The van der Waals surface area contributed by atoms with Crippen molar-refractivity contribution in [2.45, 2.75) is 44.7 Å². The fraction of sp³-hybridized carbons (Fsp3) is 0.438. The number of benzene rings is 1. The Morgan fingerprint density at radius 2 is 2.00 bits per heavy atom. The molecule has 0 radical (unpaired) electrons. The summed E-state index contributed by atoms with van der Waals surface area (Å²) in [7, 11) is 0. The molecule has 1 saturated carbocycles. The minimum Gasteiger partial charge on any atom is -0.349 e. The second-order valence-corrected chi connectivity index (χ2v) is 5.78. The maximum atomic E-state index is 12.6. The summed E-state index contributed by atoms with van der Waals surface area (Å²) in [6.07, 6.45) is 3.76. The van der Waals surface area contributed by atoms with E-state index in [9.17, 15) is 4.79 Å². The van der Waals surface area contributed by atoms with Gasteiger partial charge >= 0.3 is 0 Å². The number of nitrogens with one attached hydrogen (secondary N) is 1. The summed E-state index contributed by atoms with van der Waals surface area (Å²) in [5, 5.41) is 6.87. The summed E-state index contributed by atoms with van der Waals surface area (Å²) >= 11 is 0. The first-order valence-corrected chi connectivity index (χ1v) is 7.59. The number of carbonyl (C=O) groups excluding carboxylic acids is 1. The van der Waals surface area contributed by atoms with Crippen molar-refractivity contribution in [1.82, 2.24) is 15.5 Å². The van der Waals surface area contributed by atoms with Gasteiger partial charge in [0, 0.05) is 12.1 Å². The fourth-order valence-corrected chi connectivity index (χ4v) is 2.80. The Kier molecular flexibility index (Phi) is 4.20. The number of hydrogen-bond acceptors (Lipinski definition) is 5. The number of aryl methyl sites for hydroxylation is 1. The summed E-state index contributed by atoms with van der Waals surface area (Å²) in [5.74, 6) is 0.812. The monoisotopic (exact) mass is 300 g/mol. The highest BCUT2D eigenvalue weighted by Gasteiger charge is 2.22. The molecule has 0 atom stereocenters. The minimum atomic E-state index is -0.105. The Labute approximate surface area is 129 Å². The van der Waals surface area contributed by atoms with E-state index in [0.717, 1.165) is 25.7 Å². The molecule has 1 aromatic heterocycles. The van der Waals surface area contributed by atoms with Gasteiger partial charge in [0.15, 0.2) is 5.82 Å². The molecule has 3 rings (SSSR count). The van der Waals surface area contributed by atoms with Gasteiger partial charge in [-0.15, -0.1) is 0 Å². The van der Waals surface area contributed by atoms with Crippen LogP contribution in [0.4, 0.5) is 0 Å². The first kappa shape index (κ1) is 14.7. The Morgan fingerprint density at radius 3 is 2.68 bits per heavy atom. The van der Waals surface area contributed by atoms with E-state index in [0.29, 0.717) is 22.8 Å². The molecule has 2 aromatic rings. The van der Waals surface area contributed by atoms with Crippen molar-refractivity contribution in [3.8, 4) is 11.5 Å². The molecule has 0 bridgehead atoms. The molecule has 0 spiro atoms. The van der Waals surface area contributed by atoms with Gasteiger partial charge in [-0.3, -0.25) is 4.79 Å². The number of nitrogens with two attached hydrogens (primary N) is 1. The lowest BCUT2D eigenvalue weighted by molar-refractivity contribution is 0.0926. The van der Waals surface area contributed by atoms with Crippen LogP contribution < -0.4 is 11.1 Å². The summed E-state index contributed by atoms with van der Waals surface area (Å²) in [6, 6.07) is 7.73. The normalized spacial score (nSPS) is 21.5. The molecule has 1 aliphatic rings. The zero-order chi connectivity index (χ0) is 15.5. The maximum Gasteiger partial charge on any atom is 0.258 e. The van der Waals surface area contributed by atoms with Crippen LogP contribution in [0.5, 0.6) is 0 Å². The molecule has 1 aromatic carbocycles. The number of nitrogens with zero attached hydrogens (tertiary/aromatic N) is 2. The van der Waals surface area contributed by atoms with Crippen molar-refractivity contribution >= 4 is 5.91 Å². The molecule has 3 N–H and O–H groups in total. The lowest BCUT2D eigenvalue weighted by Gasteiger charge is -2.27. The second-order valence-electron chi connectivity index (χ2n) is 5.78. The molecule has 1 heterocycles. The zero-order valence-corrected chi connectivity index (χ0v) is 12.6. The summed E-state index contributed by atoms with van der Waals surface area (Å²) in [6.45, 7) is 1.75. The standard InChI is InChI=1S/C16H20N4O2/c1-10-18-16(22-20-10)14-5-3-2-4-13(14)15(21)19-12-8-6-11(17)7-9-12/h2-5,11-12H,6-9,17H2,1H3,(H,19,21). The third-order valence-corrected chi connectivity index (χ3v) is 4.04. The lowest BCUT2D eigenvalue weighted by atomic mass is 9.91. The van der Waals surface area contributed by atoms with E-state index in [1.165, 1.54) is 0 Å². The Hall–Kier alpha value is -2.21. The van der Waals surface area contributed by atoms with Gasteiger partial charge in [-0.1, -0.05) is 17.3 Å². The third kappa shape index (κ3) is 3.17. The summed E-state index contributed by atoms with van der Waals surface area (Å²) in [4.78, 5) is 16.8. The Bertz CT molecular complexity index is 660. The molecule has 1 fully saturated rings. The number of aromatic nitrogens is 2. The largest absolute Gasteiger partial charge is 0.349 e. The van der Waals surface area contributed by atoms with E-state index in [1.54, 1.807) is 13.0 Å². The van der Waals surface area contributed by atoms with Crippen molar-refractivity contribution in [2.24, 2.45) is 5.73 Å². The molecule has 6 heteroatoms. The quantitative estimate of drug-likeness (QED) is 0.904. The van der Waals surface area contributed by atoms with Gasteiger partial charge in [-0.25, -0.2) is 0 Å². The number of rotatable bonds is 3. The van der Waals surface area contributed by atoms with Crippen molar-refractivity contribution in [1.29, 1.82) is 0 Å². The first-order valence-electron chi connectivity index (χ1n) is 7.59. The van der Waals surface area contributed by atoms with E-state index < -0.39 is 0 Å². The third-order valence-electron chi connectivity index (χ3n) is 4.04. The Balaban J connectivity index is 1.78. The van der Waals surface area contributed by atoms with Crippen molar-refractivity contribution in [3.63, 3.8) is 0 Å². The number of amides is 1. The van der Waals surface area contributed by atoms with Gasteiger partial charge in [0.25, 0.3) is 11.8 Å². The van der Waals surface area contributed by atoms with Gasteiger partial charge in [0.05, 0.1) is 11.1 Å². The topological polar surface area (TPSA) is 94.0 Å². The van der Waals surface area contributed by atoms with Crippen molar-refractivity contribution in [2.75, 3.05) is 0 Å². The predicted molar refractivity (Wildman–Crippen MR) is 82.2 cm³/mol. The average molecular weight is 300 g/mol. The van der Waals surface area contributed by atoms with Gasteiger partial charge in [-0.05, 0) is 44.7 Å². The Morgan fingerprint density at radius 1 is 1.27 bits per heavy atom. The molecular weight excluding hydrogens is 280 g/mol. The number of carbonyl (C=O) groups is 1. The van der Waals surface area contributed by atoms with Gasteiger partial charge in [0.2, 0.25) is 0 Å². The molecular formula is C16H20N4O2. The molecule has 0 saturated heterocycles. The van der Waals surface area contributed by atoms with Crippen LogP contribution in [0.3, 0.4) is 0 Å². The van der Waals surface area contributed by atoms with Crippen molar-refractivity contribution in [3.05, 3.63) is 35.7 Å². The molecule has 0 aliphatic heterocycles. The zero-order valence-electron chi connectivity index (χ0n) is 12.6. The van der Waals surface area contributed by atoms with Gasteiger partial charge in [0.1, 0.15) is 0 Å². The van der Waals surface area contributed by atoms with Crippen LogP contribution in [0.25, 0.3) is 11.5 Å². The highest BCUT2D eigenvalue weighted by atomic mass is 16.5. The average Bonchev–Trinajstić information content (AvgIpc) is 2.96. The minimum absolute atomic E-state index is 0.105. The van der Waals surface area contributed by atoms with E-state index in [4.69, 9.17) is 10.3 Å². The molecule has 6 nitrogen and oxygen atoms in total. The number of hydrogen-bond donors (Lipinski definition) is 2. The SMILES string of the molecule is Cc1noc(-c2ccccc2C(=O)NC2CCC(N)CC2)n1. The summed E-state index contributed by atoms with van der Waals surface area (Å²) in [5.41, 5.74) is 7.12. The van der Waals surface area contributed by atoms with Crippen LogP contribution in [0.15, 0.2) is 28.8 Å². The highest BCUT2D eigenvalue weighted by molar-refractivity contribution is 6.00. The summed E-state index contributed by atoms with van der Waals surface area (Å²) < 4.78 is 5.19.